The lowest BCUT2D eigenvalue weighted by Crippen LogP contribution is -2.51. The van der Waals surface area contributed by atoms with Gasteiger partial charge in [0.1, 0.15) is 5.60 Å². The van der Waals surface area contributed by atoms with Crippen molar-refractivity contribution in [3.63, 3.8) is 0 Å². The van der Waals surface area contributed by atoms with E-state index in [1.807, 2.05) is 0 Å². The van der Waals surface area contributed by atoms with Gasteiger partial charge in [-0.2, -0.15) is 13.2 Å². The summed E-state index contributed by atoms with van der Waals surface area (Å²) in [6.45, 7) is 1.17. The number of ether oxygens (including phenoxy) is 1. The van der Waals surface area contributed by atoms with E-state index in [0.717, 1.165) is 12.1 Å². The van der Waals surface area contributed by atoms with Crippen LogP contribution in [0.1, 0.15) is 24.0 Å². The van der Waals surface area contributed by atoms with Gasteiger partial charge in [-0.1, -0.05) is 0 Å². The van der Waals surface area contributed by atoms with E-state index in [4.69, 9.17) is 10.5 Å². The second kappa shape index (κ2) is 6.86. The molecule has 1 aromatic rings. The first-order valence-corrected chi connectivity index (χ1v) is 7.29. The van der Waals surface area contributed by atoms with Gasteiger partial charge in [-0.05, 0) is 49.7 Å². The quantitative estimate of drug-likeness (QED) is 0.787. The first-order valence-electron chi connectivity index (χ1n) is 7.29. The predicted molar refractivity (Wildman–Crippen MR) is 79.8 cm³/mol. The maximum atomic E-state index is 12.9. The molecule has 8 heteroatoms. The minimum absolute atomic E-state index is 0.0495. The number of rotatable bonds is 4. The van der Waals surface area contributed by atoms with Crippen molar-refractivity contribution >= 4 is 11.6 Å². The van der Waals surface area contributed by atoms with Crippen LogP contribution in [0.15, 0.2) is 18.2 Å². The zero-order valence-electron chi connectivity index (χ0n) is 12.8. The smallest absolute Gasteiger partial charge is 0.368 e. The van der Waals surface area contributed by atoms with E-state index < -0.39 is 23.2 Å². The Morgan fingerprint density at radius 1 is 1.35 bits per heavy atom. The van der Waals surface area contributed by atoms with Crippen molar-refractivity contribution in [1.82, 2.24) is 5.32 Å². The third-order valence-electron chi connectivity index (χ3n) is 4.03. The standard InChI is InChI=1S/C15H20F3N3O2/c1-23-14(2-4-20-5-3-14)13(22)21-12-7-10(9-19)6-11(8-12)15(16,17)18/h6-8,20H,2-5,9,19H2,1H3,(H,21,22). The first kappa shape index (κ1) is 17.7. The topological polar surface area (TPSA) is 76.4 Å². The molecule has 128 valence electrons. The molecule has 0 atom stereocenters. The van der Waals surface area contributed by atoms with E-state index in [1.54, 1.807) is 0 Å². The van der Waals surface area contributed by atoms with E-state index in [0.29, 0.717) is 31.5 Å². The molecule has 0 aliphatic carbocycles. The average Bonchev–Trinajstić information content (AvgIpc) is 2.54. The lowest BCUT2D eigenvalue weighted by molar-refractivity contribution is -0.141. The lowest BCUT2D eigenvalue weighted by Gasteiger charge is -2.34. The SMILES string of the molecule is COC1(C(=O)Nc2cc(CN)cc(C(F)(F)F)c2)CCNCC1. The van der Waals surface area contributed by atoms with Gasteiger partial charge in [0.2, 0.25) is 0 Å². The van der Waals surface area contributed by atoms with Gasteiger partial charge in [-0.15, -0.1) is 0 Å². The Hall–Kier alpha value is -1.64. The highest BCUT2D eigenvalue weighted by Gasteiger charge is 2.40. The molecule has 1 fully saturated rings. The third kappa shape index (κ3) is 4.01. The van der Waals surface area contributed by atoms with Crippen LogP contribution in [0, 0.1) is 0 Å². The maximum absolute atomic E-state index is 12.9. The molecule has 1 amide bonds. The number of hydrogen-bond donors (Lipinski definition) is 3. The van der Waals surface area contributed by atoms with Crippen LogP contribution in [0.4, 0.5) is 18.9 Å². The molecule has 0 saturated carbocycles. The van der Waals surface area contributed by atoms with Crippen molar-refractivity contribution in [3.8, 4) is 0 Å². The molecule has 1 aliphatic rings. The molecular weight excluding hydrogens is 311 g/mol. The van der Waals surface area contributed by atoms with Crippen LogP contribution in [-0.2, 0) is 22.3 Å². The number of hydrogen-bond acceptors (Lipinski definition) is 4. The van der Waals surface area contributed by atoms with E-state index in [9.17, 15) is 18.0 Å². The number of nitrogens with one attached hydrogen (secondary N) is 2. The number of anilines is 1. The number of alkyl halides is 3. The second-order valence-corrected chi connectivity index (χ2v) is 5.52. The molecule has 0 spiro atoms. The number of methoxy groups -OCH3 is 1. The Morgan fingerprint density at radius 2 is 2.00 bits per heavy atom. The van der Waals surface area contributed by atoms with Gasteiger partial charge in [-0.25, -0.2) is 0 Å². The molecule has 0 unspecified atom stereocenters. The number of piperidine rings is 1. The molecule has 1 aliphatic heterocycles. The second-order valence-electron chi connectivity index (χ2n) is 5.52. The van der Waals surface area contributed by atoms with Gasteiger partial charge in [0, 0.05) is 19.3 Å². The van der Waals surface area contributed by atoms with Crippen LogP contribution < -0.4 is 16.4 Å². The minimum Gasteiger partial charge on any atom is -0.368 e. The normalized spacial score (nSPS) is 17.8. The number of carbonyl (C=O) groups is 1. The van der Waals surface area contributed by atoms with Crippen molar-refractivity contribution < 1.29 is 22.7 Å². The van der Waals surface area contributed by atoms with Crippen molar-refractivity contribution in [2.75, 3.05) is 25.5 Å². The number of halogens is 3. The summed E-state index contributed by atoms with van der Waals surface area (Å²) in [7, 11) is 1.43. The van der Waals surface area contributed by atoms with Gasteiger partial charge in [0.15, 0.2) is 0 Å². The molecule has 1 aromatic carbocycles. The summed E-state index contributed by atoms with van der Waals surface area (Å²) >= 11 is 0. The lowest BCUT2D eigenvalue weighted by atomic mass is 9.91. The largest absolute Gasteiger partial charge is 0.416 e. The first-order chi connectivity index (χ1) is 10.8. The fourth-order valence-corrected chi connectivity index (χ4v) is 2.65. The van der Waals surface area contributed by atoms with Gasteiger partial charge in [0.05, 0.1) is 5.56 Å². The summed E-state index contributed by atoms with van der Waals surface area (Å²) < 4.78 is 44.2. The van der Waals surface area contributed by atoms with Crippen molar-refractivity contribution in [3.05, 3.63) is 29.3 Å². The summed E-state index contributed by atoms with van der Waals surface area (Å²) in [6.07, 6.45) is -3.59. The van der Waals surface area contributed by atoms with Crippen LogP contribution in [0.3, 0.4) is 0 Å². The van der Waals surface area contributed by atoms with Crippen molar-refractivity contribution in [1.29, 1.82) is 0 Å². The minimum atomic E-state index is -4.50. The van der Waals surface area contributed by atoms with Gasteiger partial charge in [0.25, 0.3) is 5.91 Å². The Bertz CT molecular complexity index is 570. The molecule has 0 bridgehead atoms. The summed E-state index contributed by atoms with van der Waals surface area (Å²) in [5.41, 5.74) is 3.95. The van der Waals surface area contributed by atoms with Crippen LogP contribution in [0.2, 0.25) is 0 Å². The van der Waals surface area contributed by atoms with Crippen LogP contribution in [-0.4, -0.2) is 31.7 Å². The average molecular weight is 331 g/mol. The highest BCUT2D eigenvalue weighted by atomic mass is 19.4. The Labute approximate surface area is 132 Å². The Morgan fingerprint density at radius 3 is 2.52 bits per heavy atom. The predicted octanol–water partition coefficient (Wildman–Crippen LogP) is 1.87. The van der Waals surface area contributed by atoms with Gasteiger partial charge < -0.3 is 21.1 Å². The van der Waals surface area contributed by atoms with Gasteiger partial charge in [-0.3, -0.25) is 4.79 Å². The summed E-state index contributed by atoms with van der Waals surface area (Å²) in [4.78, 5) is 12.5. The fraction of sp³-hybridized carbons (Fsp3) is 0.533. The van der Waals surface area contributed by atoms with E-state index in [2.05, 4.69) is 10.6 Å². The van der Waals surface area contributed by atoms with E-state index >= 15 is 0 Å². The molecular formula is C15H20F3N3O2. The highest BCUT2D eigenvalue weighted by molar-refractivity contribution is 5.97. The van der Waals surface area contributed by atoms with E-state index in [-0.39, 0.29) is 12.2 Å². The zero-order valence-corrected chi connectivity index (χ0v) is 12.8. The van der Waals surface area contributed by atoms with Crippen molar-refractivity contribution in [2.45, 2.75) is 31.2 Å². The molecule has 0 aromatic heterocycles. The van der Waals surface area contributed by atoms with Crippen LogP contribution >= 0.6 is 0 Å². The van der Waals surface area contributed by atoms with Crippen molar-refractivity contribution in [2.24, 2.45) is 5.73 Å². The van der Waals surface area contributed by atoms with Crippen LogP contribution in [0.25, 0.3) is 0 Å². The maximum Gasteiger partial charge on any atom is 0.416 e. The Balaban J connectivity index is 2.26. The fourth-order valence-electron chi connectivity index (χ4n) is 2.65. The molecule has 1 heterocycles. The van der Waals surface area contributed by atoms with E-state index in [1.165, 1.54) is 13.2 Å². The molecule has 23 heavy (non-hydrogen) atoms. The summed E-state index contributed by atoms with van der Waals surface area (Å²) in [6, 6.07) is 3.32. The summed E-state index contributed by atoms with van der Waals surface area (Å²) in [5, 5.41) is 5.66. The third-order valence-corrected chi connectivity index (χ3v) is 4.03. The highest BCUT2D eigenvalue weighted by Crippen LogP contribution is 2.32. The number of amides is 1. The number of benzene rings is 1. The summed E-state index contributed by atoms with van der Waals surface area (Å²) in [5.74, 6) is -0.441. The molecule has 0 radical (unpaired) electrons. The molecule has 1 saturated heterocycles. The zero-order chi connectivity index (χ0) is 17.1. The molecule has 5 nitrogen and oxygen atoms in total. The molecule has 4 N–H and O–H groups in total. The number of carbonyl (C=O) groups excluding carboxylic acids is 1. The monoisotopic (exact) mass is 331 g/mol. The number of nitrogens with two attached hydrogens (primary N) is 1. The Kier molecular flexibility index (Phi) is 5.28. The van der Waals surface area contributed by atoms with Gasteiger partial charge >= 0.3 is 6.18 Å². The van der Waals surface area contributed by atoms with Crippen LogP contribution in [0.5, 0.6) is 0 Å². The molecule has 2 rings (SSSR count).